The second-order valence-corrected chi connectivity index (χ2v) is 9.92. The molecule has 0 amide bonds. The first-order valence-corrected chi connectivity index (χ1v) is 12.5. The number of nitrogens with one attached hydrogen (secondary N) is 1. The van der Waals surface area contributed by atoms with E-state index in [9.17, 15) is 9.90 Å². The first kappa shape index (κ1) is 22.0. The van der Waals surface area contributed by atoms with E-state index in [0.29, 0.717) is 18.3 Å². The Morgan fingerprint density at radius 1 is 1.09 bits per heavy atom. The van der Waals surface area contributed by atoms with Crippen molar-refractivity contribution in [2.24, 2.45) is 0 Å². The van der Waals surface area contributed by atoms with Crippen LogP contribution in [0.3, 0.4) is 0 Å². The quantitative estimate of drug-likeness (QED) is 0.427. The van der Waals surface area contributed by atoms with E-state index in [-0.39, 0.29) is 12.2 Å². The van der Waals surface area contributed by atoms with Crippen LogP contribution in [0.1, 0.15) is 61.9 Å². The number of hydrogen-bond acceptors (Lipinski definition) is 5. The number of H-pyrrole nitrogens is 1. The topological polar surface area (TPSA) is 102 Å². The first-order chi connectivity index (χ1) is 17.1. The first-order valence-electron chi connectivity index (χ1n) is 12.5. The van der Waals surface area contributed by atoms with Crippen LogP contribution in [0.4, 0.5) is 0 Å². The minimum atomic E-state index is -0.435. The van der Waals surface area contributed by atoms with Crippen molar-refractivity contribution < 1.29 is 5.11 Å². The van der Waals surface area contributed by atoms with Gasteiger partial charge in [0.25, 0.3) is 5.56 Å². The summed E-state index contributed by atoms with van der Waals surface area (Å²) in [6.45, 7) is 2.20. The molecule has 4 aromatic rings. The summed E-state index contributed by atoms with van der Waals surface area (Å²) in [5, 5.41) is 24.6. The molecule has 180 valence electrons. The van der Waals surface area contributed by atoms with Crippen molar-refractivity contribution in [2.75, 3.05) is 6.61 Å². The molecule has 2 aliphatic heterocycles. The fourth-order valence-electron chi connectivity index (χ4n) is 6.16. The van der Waals surface area contributed by atoms with Crippen LogP contribution < -0.4 is 5.56 Å². The lowest BCUT2D eigenvalue weighted by atomic mass is 9.78. The molecule has 8 heteroatoms. The second kappa shape index (κ2) is 8.61. The molecule has 1 aliphatic carbocycles. The van der Waals surface area contributed by atoms with Gasteiger partial charge >= 0.3 is 0 Å². The van der Waals surface area contributed by atoms with Gasteiger partial charge in [0, 0.05) is 23.2 Å². The Kier molecular flexibility index (Phi) is 5.40. The zero-order chi connectivity index (χ0) is 24.0. The summed E-state index contributed by atoms with van der Waals surface area (Å²) in [4.78, 5) is 13.7. The molecule has 1 fully saturated rings. The van der Waals surface area contributed by atoms with Gasteiger partial charge in [-0.1, -0.05) is 61.9 Å². The van der Waals surface area contributed by atoms with Crippen molar-refractivity contribution >= 4 is 0 Å². The zero-order valence-electron chi connectivity index (χ0n) is 19.9. The Morgan fingerprint density at radius 2 is 1.83 bits per heavy atom. The molecule has 0 radical (unpaired) electrons. The number of benzene rings is 2. The predicted octanol–water partition coefficient (Wildman–Crippen LogP) is 3.86. The third-order valence-corrected chi connectivity index (χ3v) is 7.93. The van der Waals surface area contributed by atoms with Crippen molar-refractivity contribution in [2.45, 2.75) is 63.5 Å². The minimum absolute atomic E-state index is 0.0312. The van der Waals surface area contributed by atoms with Crippen LogP contribution in [-0.2, 0) is 18.4 Å². The molecule has 2 bridgehead atoms. The molecular formula is C27H30N6O2. The smallest absolute Gasteiger partial charge is 0.271 e. The minimum Gasteiger partial charge on any atom is -0.394 e. The number of fused-ring (bicyclic) bond motifs is 2. The van der Waals surface area contributed by atoms with E-state index < -0.39 is 5.54 Å². The number of tetrazole rings is 1. The molecule has 4 heterocycles. The molecule has 8 nitrogen and oxygen atoms in total. The monoisotopic (exact) mass is 470 g/mol. The normalized spacial score (nSPS) is 20.8. The zero-order valence-corrected chi connectivity index (χ0v) is 19.9. The van der Waals surface area contributed by atoms with E-state index >= 15 is 0 Å². The lowest BCUT2D eigenvalue weighted by Gasteiger charge is -2.48. The predicted molar refractivity (Wildman–Crippen MR) is 133 cm³/mol. The van der Waals surface area contributed by atoms with Gasteiger partial charge in [-0.25, -0.2) is 9.78 Å². The molecule has 0 atom stereocenters. The van der Waals surface area contributed by atoms with E-state index in [4.69, 9.17) is 0 Å². The average Bonchev–Trinajstić information content (AvgIpc) is 3.55. The van der Waals surface area contributed by atoms with Gasteiger partial charge in [-0.15, -0.1) is 5.10 Å². The molecule has 35 heavy (non-hydrogen) atoms. The lowest BCUT2D eigenvalue weighted by molar-refractivity contribution is -0.00375. The van der Waals surface area contributed by atoms with Crippen molar-refractivity contribution in [3.05, 3.63) is 75.7 Å². The van der Waals surface area contributed by atoms with Gasteiger partial charge in [0.05, 0.1) is 18.2 Å². The van der Waals surface area contributed by atoms with E-state index in [1.54, 1.807) is 0 Å². The van der Waals surface area contributed by atoms with Crippen molar-refractivity contribution in [3.63, 3.8) is 0 Å². The molecular weight excluding hydrogens is 440 g/mol. The van der Waals surface area contributed by atoms with E-state index in [1.165, 1.54) is 0 Å². The van der Waals surface area contributed by atoms with Gasteiger partial charge < -0.3 is 5.11 Å². The van der Waals surface area contributed by atoms with E-state index in [1.807, 2.05) is 22.9 Å². The molecule has 0 unspecified atom stereocenters. The molecule has 2 N–H and O–H groups in total. The van der Waals surface area contributed by atoms with E-state index in [0.717, 1.165) is 72.0 Å². The van der Waals surface area contributed by atoms with Gasteiger partial charge in [-0.2, -0.15) is 0 Å². The van der Waals surface area contributed by atoms with Crippen LogP contribution in [0.25, 0.3) is 22.5 Å². The second-order valence-electron chi connectivity index (χ2n) is 9.92. The third kappa shape index (κ3) is 3.46. The average molecular weight is 471 g/mol. The highest BCUT2D eigenvalue weighted by Gasteiger charge is 2.47. The number of aromatic amines is 1. The molecule has 2 aromatic heterocycles. The SMILES string of the molecule is CCCc1c(Cc2ccc(-c3ccccc3-c3nnn[nH]3)cc2)c(=O)n2n1C1CCC2(CO)CC1. The molecule has 1 saturated carbocycles. The Labute approximate surface area is 203 Å². The van der Waals surface area contributed by atoms with Crippen LogP contribution in [0.5, 0.6) is 0 Å². The Bertz CT molecular complexity index is 1390. The van der Waals surface area contributed by atoms with Gasteiger partial charge in [0.1, 0.15) is 0 Å². The summed E-state index contributed by atoms with van der Waals surface area (Å²) in [7, 11) is 0. The standard InChI is InChI=1S/C27H30N6O2/c1-2-5-24-23(26(35)33-27(17-34)14-12-20(13-15-27)32(24)33)16-18-8-10-19(11-9-18)21-6-3-4-7-22(21)25-28-30-31-29-25/h3-4,6-11,20,34H,2,5,12-17H2,1H3,(H,28,29,30,31). The highest BCUT2D eigenvalue weighted by molar-refractivity contribution is 5.80. The summed E-state index contributed by atoms with van der Waals surface area (Å²) in [5.74, 6) is 0.633. The largest absolute Gasteiger partial charge is 0.394 e. The van der Waals surface area contributed by atoms with Gasteiger partial charge in [0.2, 0.25) is 0 Å². The number of aromatic nitrogens is 6. The fraction of sp³-hybridized carbons (Fsp3) is 0.407. The maximum Gasteiger partial charge on any atom is 0.271 e. The van der Waals surface area contributed by atoms with Crippen molar-refractivity contribution in [3.8, 4) is 22.5 Å². The number of nitrogens with zero attached hydrogens (tertiary/aromatic N) is 5. The summed E-state index contributed by atoms with van der Waals surface area (Å²) in [6, 6.07) is 16.8. The molecule has 2 aromatic carbocycles. The maximum atomic E-state index is 13.7. The number of hydrogen-bond donors (Lipinski definition) is 2. The molecule has 0 spiro atoms. The summed E-state index contributed by atoms with van der Waals surface area (Å²) in [5.41, 5.74) is 5.86. The molecule has 7 rings (SSSR count). The Hall–Kier alpha value is -3.52. The lowest BCUT2D eigenvalue weighted by Crippen LogP contribution is -2.54. The summed E-state index contributed by atoms with van der Waals surface area (Å²) < 4.78 is 4.20. The van der Waals surface area contributed by atoms with Gasteiger partial charge in [0.15, 0.2) is 5.82 Å². The summed E-state index contributed by atoms with van der Waals surface area (Å²) in [6.07, 6.45) is 6.33. The fourth-order valence-corrected chi connectivity index (χ4v) is 6.16. The number of aliphatic hydroxyl groups is 1. The summed E-state index contributed by atoms with van der Waals surface area (Å²) >= 11 is 0. The van der Waals surface area contributed by atoms with Crippen LogP contribution >= 0.6 is 0 Å². The van der Waals surface area contributed by atoms with Crippen LogP contribution in [0, 0.1) is 0 Å². The van der Waals surface area contributed by atoms with Gasteiger partial charge in [-0.05, 0) is 59.2 Å². The maximum absolute atomic E-state index is 13.7. The van der Waals surface area contributed by atoms with Crippen LogP contribution in [-0.4, -0.2) is 41.7 Å². The number of rotatable bonds is 7. The van der Waals surface area contributed by atoms with Crippen molar-refractivity contribution in [1.82, 2.24) is 30.0 Å². The number of aliphatic hydroxyl groups excluding tert-OH is 1. The van der Waals surface area contributed by atoms with Crippen LogP contribution in [0.15, 0.2) is 53.3 Å². The van der Waals surface area contributed by atoms with Gasteiger partial charge in [-0.3, -0.25) is 9.48 Å². The Balaban J connectivity index is 1.37. The Morgan fingerprint density at radius 3 is 2.49 bits per heavy atom. The molecule has 3 aliphatic rings. The van der Waals surface area contributed by atoms with Crippen LogP contribution in [0.2, 0.25) is 0 Å². The van der Waals surface area contributed by atoms with Crippen molar-refractivity contribution in [1.29, 1.82) is 0 Å². The highest BCUT2D eigenvalue weighted by atomic mass is 16.3. The molecule has 0 saturated heterocycles. The third-order valence-electron chi connectivity index (χ3n) is 7.93. The van der Waals surface area contributed by atoms with E-state index in [2.05, 4.69) is 62.6 Å². The highest BCUT2D eigenvalue weighted by Crippen LogP contribution is 2.45.